The van der Waals surface area contributed by atoms with Gasteiger partial charge in [0.25, 0.3) is 11.7 Å². The Morgan fingerprint density at radius 1 is 1.03 bits per heavy atom. The normalized spacial score (nSPS) is 10.2. The molecule has 2 aromatic carbocycles. The zero-order valence-electron chi connectivity index (χ0n) is 17.9. The van der Waals surface area contributed by atoms with Gasteiger partial charge in [-0.05, 0) is 36.4 Å². The van der Waals surface area contributed by atoms with Gasteiger partial charge in [-0.1, -0.05) is 36.4 Å². The first kappa shape index (κ1) is 23.4. The molecule has 0 radical (unpaired) electrons. The molecule has 0 saturated heterocycles. The largest absolute Gasteiger partial charge is 0.342 e. The van der Waals surface area contributed by atoms with Crippen LogP contribution in [0.15, 0.2) is 67.4 Å². The Labute approximate surface area is 195 Å². The number of halogens is 1. The van der Waals surface area contributed by atoms with Crippen LogP contribution in [0.4, 0.5) is 28.8 Å². The molecule has 3 aromatic rings. The molecule has 0 bridgehead atoms. The molecule has 3 rings (SSSR count). The number of carbonyl (C=O) groups is 3. The summed E-state index contributed by atoms with van der Waals surface area (Å²) >= 11 is 6.26. The fourth-order valence-corrected chi connectivity index (χ4v) is 2.89. The van der Waals surface area contributed by atoms with Gasteiger partial charge in [0.1, 0.15) is 5.02 Å². The van der Waals surface area contributed by atoms with Gasteiger partial charge in [0.15, 0.2) is 5.82 Å². The molecule has 9 nitrogen and oxygen atoms in total. The standard InChI is InChI=1S/C23H21ClN6O3/c1-4-19(31)26-14-8-7-9-15(12-14)27-23-25-13-17(24)21(29-23)28-18-11-6-5-10-16(18)20(32)22(33)30(2)3/h4-13H,1H2,2-3H3,(H,26,31)(H2,25,27,28,29). The molecule has 168 valence electrons. The molecule has 0 fully saturated rings. The lowest BCUT2D eigenvalue weighted by Crippen LogP contribution is -2.30. The summed E-state index contributed by atoms with van der Waals surface area (Å²) in [5, 5.41) is 8.92. The molecule has 0 aliphatic rings. The highest BCUT2D eigenvalue weighted by atomic mass is 35.5. The molecular formula is C23H21ClN6O3. The fraction of sp³-hybridized carbons (Fsp3) is 0.0870. The minimum atomic E-state index is -0.662. The Morgan fingerprint density at radius 3 is 2.48 bits per heavy atom. The first-order valence-corrected chi connectivity index (χ1v) is 10.1. The quantitative estimate of drug-likeness (QED) is 0.262. The van der Waals surface area contributed by atoms with Gasteiger partial charge < -0.3 is 20.9 Å². The average molecular weight is 465 g/mol. The highest BCUT2D eigenvalue weighted by Gasteiger charge is 2.21. The SMILES string of the molecule is C=CC(=O)Nc1cccc(Nc2ncc(Cl)c(Nc3ccccc3C(=O)C(=O)N(C)C)n2)c1. The highest BCUT2D eigenvalue weighted by molar-refractivity contribution is 6.43. The van der Waals surface area contributed by atoms with Gasteiger partial charge in [-0.3, -0.25) is 14.4 Å². The Kier molecular flexibility index (Phi) is 7.37. The smallest absolute Gasteiger partial charge is 0.294 e. The molecule has 2 amide bonds. The summed E-state index contributed by atoms with van der Waals surface area (Å²) in [5.41, 5.74) is 1.75. The van der Waals surface area contributed by atoms with Crippen molar-refractivity contribution < 1.29 is 14.4 Å². The number of anilines is 5. The molecule has 0 atom stereocenters. The molecule has 0 unspecified atom stereocenters. The zero-order chi connectivity index (χ0) is 24.0. The Morgan fingerprint density at radius 2 is 1.76 bits per heavy atom. The molecule has 1 aromatic heterocycles. The van der Waals surface area contributed by atoms with Gasteiger partial charge in [-0.15, -0.1) is 0 Å². The summed E-state index contributed by atoms with van der Waals surface area (Å²) in [6.07, 6.45) is 2.58. The van der Waals surface area contributed by atoms with Gasteiger partial charge in [0.05, 0.1) is 17.4 Å². The number of rotatable bonds is 8. The number of hydrogen-bond donors (Lipinski definition) is 3. The lowest BCUT2D eigenvalue weighted by Gasteiger charge is -2.14. The van der Waals surface area contributed by atoms with Crippen LogP contribution in [-0.2, 0) is 9.59 Å². The van der Waals surface area contributed by atoms with Gasteiger partial charge >= 0.3 is 0 Å². The topological polar surface area (TPSA) is 116 Å². The summed E-state index contributed by atoms with van der Waals surface area (Å²) in [6.45, 7) is 3.43. The number of amides is 2. The number of aromatic nitrogens is 2. The second kappa shape index (κ2) is 10.4. The third-order valence-corrected chi connectivity index (χ3v) is 4.62. The summed E-state index contributed by atoms with van der Waals surface area (Å²) in [6, 6.07) is 13.5. The van der Waals surface area contributed by atoms with E-state index >= 15 is 0 Å². The van der Waals surface area contributed by atoms with E-state index in [0.717, 1.165) is 0 Å². The number of benzene rings is 2. The second-order valence-electron chi connectivity index (χ2n) is 6.99. The molecule has 1 heterocycles. The van der Waals surface area contributed by atoms with Crippen LogP contribution in [0.3, 0.4) is 0 Å². The van der Waals surface area contributed by atoms with E-state index in [0.29, 0.717) is 17.1 Å². The first-order chi connectivity index (χ1) is 15.8. The second-order valence-corrected chi connectivity index (χ2v) is 7.40. The molecular weight excluding hydrogens is 444 g/mol. The molecule has 0 saturated carbocycles. The van der Waals surface area contributed by atoms with Crippen LogP contribution in [-0.4, -0.2) is 46.6 Å². The number of nitrogens with one attached hydrogen (secondary N) is 3. The maximum atomic E-state index is 12.6. The Bertz CT molecular complexity index is 1230. The van der Waals surface area contributed by atoms with Crippen molar-refractivity contribution in [2.24, 2.45) is 0 Å². The average Bonchev–Trinajstić information content (AvgIpc) is 2.80. The van der Waals surface area contributed by atoms with Crippen molar-refractivity contribution in [3.05, 3.63) is 78.0 Å². The number of ketones is 1. The van der Waals surface area contributed by atoms with Crippen LogP contribution in [0.2, 0.25) is 5.02 Å². The summed E-state index contributed by atoms with van der Waals surface area (Å²) in [7, 11) is 3.01. The van der Waals surface area contributed by atoms with Crippen molar-refractivity contribution in [3.8, 4) is 0 Å². The van der Waals surface area contributed by atoms with E-state index in [1.54, 1.807) is 48.5 Å². The molecule has 0 aliphatic heterocycles. The van der Waals surface area contributed by atoms with Crippen LogP contribution >= 0.6 is 11.6 Å². The van der Waals surface area contributed by atoms with Crippen molar-refractivity contribution in [1.29, 1.82) is 0 Å². The number of Topliss-reactive ketones (excluding diaryl/α,β-unsaturated/α-hetero) is 1. The van der Waals surface area contributed by atoms with Crippen molar-refractivity contribution in [2.75, 3.05) is 30.0 Å². The van der Waals surface area contributed by atoms with Gasteiger partial charge in [0.2, 0.25) is 11.9 Å². The van der Waals surface area contributed by atoms with E-state index in [9.17, 15) is 14.4 Å². The number of likely N-dealkylation sites (N-methyl/N-ethyl adjacent to an activating group) is 1. The van der Waals surface area contributed by atoms with Crippen molar-refractivity contribution in [2.45, 2.75) is 0 Å². The Hall–Kier alpha value is -4.24. The van der Waals surface area contributed by atoms with Gasteiger partial charge in [-0.25, -0.2) is 4.98 Å². The molecule has 0 aliphatic carbocycles. The third-order valence-electron chi connectivity index (χ3n) is 4.34. The van der Waals surface area contributed by atoms with Crippen molar-refractivity contribution >= 4 is 58.0 Å². The van der Waals surface area contributed by atoms with Gasteiger partial charge in [-0.2, -0.15) is 4.98 Å². The number of carbonyl (C=O) groups excluding carboxylic acids is 3. The van der Waals surface area contributed by atoms with Crippen molar-refractivity contribution in [1.82, 2.24) is 14.9 Å². The monoisotopic (exact) mass is 464 g/mol. The molecule has 0 spiro atoms. The minimum Gasteiger partial charge on any atom is -0.342 e. The molecule has 3 N–H and O–H groups in total. The lowest BCUT2D eigenvalue weighted by molar-refractivity contribution is -0.124. The van der Waals surface area contributed by atoms with Gasteiger partial charge in [0, 0.05) is 25.5 Å². The maximum Gasteiger partial charge on any atom is 0.294 e. The van der Waals surface area contributed by atoms with Crippen LogP contribution in [0.5, 0.6) is 0 Å². The predicted molar refractivity (Wildman–Crippen MR) is 128 cm³/mol. The van der Waals surface area contributed by atoms with Crippen LogP contribution in [0.1, 0.15) is 10.4 Å². The summed E-state index contributed by atoms with van der Waals surface area (Å²) in [4.78, 5) is 46.0. The maximum absolute atomic E-state index is 12.6. The van der Waals surface area contributed by atoms with Crippen LogP contribution in [0, 0.1) is 0 Å². The lowest BCUT2D eigenvalue weighted by atomic mass is 10.1. The van der Waals surface area contributed by atoms with E-state index in [1.807, 2.05) is 0 Å². The van der Waals surface area contributed by atoms with Crippen LogP contribution < -0.4 is 16.0 Å². The first-order valence-electron chi connectivity index (χ1n) is 9.73. The zero-order valence-corrected chi connectivity index (χ0v) is 18.7. The summed E-state index contributed by atoms with van der Waals surface area (Å²) < 4.78 is 0. The van der Waals surface area contributed by atoms with E-state index in [-0.39, 0.29) is 28.3 Å². The van der Waals surface area contributed by atoms with E-state index in [1.165, 1.54) is 31.3 Å². The van der Waals surface area contributed by atoms with Crippen molar-refractivity contribution in [3.63, 3.8) is 0 Å². The van der Waals surface area contributed by atoms with E-state index in [4.69, 9.17) is 11.6 Å². The predicted octanol–water partition coefficient (Wildman–Crippen LogP) is 4.01. The third kappa shape index (κ3) is 5.92. The number of hydrogen-bond acceptors (Lipinski definition) is 7. The Balaban J connectivity index is 1.85. The summed E-state index contributed by atoms with van der Waals surface area (Å²) in [5.74, 6) is -1.18. The minimum absolute atomic E-state index is 0.186. The highest BCUT2D eigenvalue weighted by Crippen LogP contribution is 2.27. The molecule has 10 heteroatoms. The molecule has 33 heavy (non-hydrogen) atoms. The van der Waals surface area contributed by atoms with Crippen LogP contribution in [0.25, 0.3) is 0 Å². The fourth-order valence-electron chi connectivity index (χ4n) is 2.75. The number of nitrogens with zero attached hydrogens (tertiary/aromatic N) is 3. The number of para-hydroxylation sites is 1. The van der Waals surface area contributed by atoms with E-state index < -0.39 is 11.7 Å². The van der Waals surface area contributed by atoms with E-state index in [2.05, 4.69) is 32.5 Å².